The second-order valence-electron chi connectivity index (χ2n) is 5.40. The average Bonchev–Trinajstić information content (AvgIpc) is 2.92. The second kappa shape index (κ2) is 7.51. The summed E-state index contributed by atoms with van der Waals surface area (Å²) in [6.07, 6.45) is 5.26. The predicted octanol–water partition coefficient (Wildman–Crippen LogP) is 3.05. The first kappa shape index (κ1) is 14.4. The van der Waals surface area contributed by atoms with Crippen LogP contribution in [0, 0.1) is 0 Å². The van der Waals surface area contributed by atoms with Gasteiger partial charge in [0.05, 0.1) is 6.10 Å². The standard InChI is InChI=1S/C16H26N2O/c1-2-10-18(11-9-15-7-5-12-19-15)13-14-6-3-4-8-16(14)17/h3-4,6,8,15H,2,5,7,9-13,17H2,1H3. The molecule has 2 N–H and O–H groups in total. The minimum atomic E-state index is 0.479. The Bertz CT molecular complexity index is 375. The van der Waals surface area contributed by atoms with Crippen LogP contribution in [0.1, 0.15) is 38.2 Å². The van der Waals surface area contributed by atoms with E-state index in [-0.39, 0.29) is 0 Å². The highest BCUT2D eigenvalue weighted by Gasteiger charge is 2.17. The van der Waals surface area contributed by atoms with Gasteiger partial charge in [-0.2, -0.15) is 0 Å². The Kier molecular flexibility index (Phi) is 5.67. The summed E-state index contributed by atoms with van der Waals surface area (Å²) in [6.45, 7) is 6.36. The summed E-state index contributed by atoms with van der Waals surface area (Å²) in [7, 11) is 0. The van der Waals surface area contributed by atoms with E-state index in [0.717, 1.165) is 38.3 Å². The largest absolute Gasteiger partial charge is 0.398 e. The summed E-state index contributed by atoms with van der Waals surface area (Å²) >= 11 is 0. The normalized spacial score (nSPS) is 19.2. The van der Waals surface area contributed by atoms with Crippen LogP contribution in [-0.2, 0) is 11.3 Å². The van der Waals surface area contributed by atoms with Crippen molar-refractivity contribution in [1.29, 1.82) is 0 Å². The molecule has 1 atom stereocenters. The van der Waals surface area contributed by atoms with E-state index in [2.05, 4.69) is 24.0 Å². The molecule has 1 aromatic carbocycles. The summed E-state index contributed by atoms with van der Waals surface area (Å²) in [6, 6.07) is 8.18. The molecule has 1 fully saturated rings. The van der Waals surface area contributed by atoms with Crippen molar-refractivity contribution in [2.75, 3.05) is 25.4 Å². The average molecular weight is 262 g/mol. The maximum atomic E-state index is 6.03. The minimum absolute atomic E-state index is 0.479. The molecule has 0 bridgehead atoms. The Balaban J connectivity index is 1.86. The van der Waals surface area contributed by atoms with Crippen LogP contribution in [0.5, 0.6) is 0 Å². The lowest BCUT2D eigenvalue weighted by atomic mass is 10.1. The Morgan fingerprint density at radius 1 is 1.32 bits per heavy atom. The number of nitrogens with zero attached hydrogens (tertiary/aromatic N) is 1. The molecule has 2 rings (SSSR count). The third-order valence-corrected chi connectivity index (χ3v) is 3.78. The summed E-state index contributed by atoms with van der Waals surface area (Å²) in [5, 5.41) is 0. The zero-order chi connectivity index (χ0) is 13.5. The molecule has 3 nitrogen and oxygen atoms in total. The van der Waals surface area contributed by atoms with Gasteiger partial charge in [-0.25, -0.2) is 0 Å². The molecule has 0 radical (unpaired) electrons. The summed E-state index contributed by atoms with van der Waals surface area (Å²) in [4.78, 5) is 2.49. The van der Waals surface area contributed by atoms with Gasteiger partial charge in [0.2, 0.25) is 0 Å². The van der Waals surface area contributed by atoms with Crippen LogP contribution in [0.3, 0.4) is 0 Å². The van der Waals surface area contributed by atoms with Gasteiger partial charge >= 0.3 is 0 Å². The molecule has 19 heavy (non-hydrogen) atoms. The molecule has 3 heteroatoms. The summed E-state index contributed by atoms with van der Waals surface area (Å²) < 4.78 is 5.70. The lowest BCUT2D eigenvalue weighted by Crippen LogP contribution is -2.28. The van der Waals surface area contributed by atoms with Gasteiger partial charge in [-0.15, -0.1) is 0 Å². The molecular formula is C16H26N2O. The lowest BCUT2D eigenvalue weighted by Gasteiger charge is -2.24. The van der Waals surface area contributed by atoms with E-state index in [1.165, 1.54) is 24.8 Å². The van der Waals surface area contributed by atoms with Crippen LogP contribution in [-0.4, -0.2) is 30.7 Å². The minimum Gasteiger partial charge on any atom is -0.398 e. The predicted molar refractivity (Wildman–Crippen MR) is 80.0 cm³/mol. The zero-order valence-corrected chi connectivity index (χ0v) is 12.0. The molecular weight excluding hydrogens is 236 g/mol. The van der Waals surface area contributed by atoms with Crippen molar-refractivity contribution in [3.63, 3.8) is 0 Å². The number of hydrogen-bond acceptors (Lipinski definition) is 3. The van der Waals surface area contributed by atoms with E-state index in [1.54, 1.807) is 0 Å². The van der Waals surface area contributed by atoms with Crippen LogP contribution in [0.4, 0.5) is 5.69 Å². The van der Waals surface area contributed by atoms with E-state index < -0.39 is 0 Å². The van der Waals surface area contributed by atoms with Crippen molar-refractivity contribution in [3.8, 4) is 0 Å². The quantitative estimate of drug-likeness (QED) is 0.768. The molecule has 1 aliphatic rings. The highest BCUT2D eigenvalue weighted by molar-refractivity contribution is 5.46. The Morgan fingerprint density at radius 2 is 2.16 bits per heavy atom. The fraction of sp³-hybridized carbons (Fsp3) is 0.625. The van der Waals surface area contributed by atoms with Crippen LogP contribution >= 0.6 is 0 Å². The molecule has 106 valence electrons. The third kappa shape index (κ3) is 4.51. The molecule has 0 spiro atoms. The van der Waals surface area contributed by atoms with Crippen LogP contribution in [0.2, 0.25) is 0 Å². The molecule has 0 aliphatic carbocycles. The smallest absolute Gasteiger partial charge is 0.0588 e. The maximum Gasteiger partial charge on any atom is 0.0588 e. The van der Waals surface area contributed by atoms with Gasteiger partial charge in [0, 0.05) is 25.4 Å². The maximum absolute atomic E-state index is 6.03. The van der Waals surface area contributed by atoms with Gasteiger partial charge < -0.3 is 10.5 Å². The van der Waals surface area contributed by atoms with Crippen molar-refractivity contribution in [2.24, 2.45) is 0 Å². The van der Waals surface area contributed by atoms with Crippen molar-refractivity contribution >= 4 is 5.69 Å². The first-order valence-electron chi connectivity index (χ1n) is 7.47. The van der Waals surface area contributed by atoms with Gasteiger partial charge in [0.15, 0.2) is 0 Å². The van der Waals surface area contributed by atoms with Crippen LogP contribution in [0.15, 0.2) is 24.3 Å². The van der Waals surface area contributed by atoms with E-state index >= 15 is 0 Å². The number of ether oxygens (including phenoxy) is 1. The number of nitrogen functional groups attached to an aromatic ring is 1. The SMILES string of the molecule is CCCN(CCC1CCCO1)Cc1ccccc1N. The monoisotopic (exact) mass is 262 g/mol. The summed E-state index contributed by atoms with van der Waals surface area (Å²) in [5.41, 5.74) is 8.17. The summed E-state index contributed by atoms with van der Waals surface area (Å²) in [5.74, 6) is 0. The molecule has 1 saturated heterocycles. The van der Waals surface area contributed by atoms with Crippen LogP contribution in [0.25, 0.3) is 0 Å². The number of hydrogen-bond donors (Lipinski definition) is 1. The van der Waals surface area contributed by atoms with Crippen LogP contribution < -0.4 is 5.73 Å². The Labute approximate surface area is 116 Å². The highest BCUT2D eigenvalue weighted by atomic mass is 16.5. The van der Waals surface area contributed by atoms with Crippen molar-refractivity contribution < 1.29 is 4.74 Å². The first-order chi connectivity index (χ1) is 9.29. The first-order valence-corrected chi connectivity index (χ1v) is 7.47. The molecule has 0 saturated carbocycles. The number of anilines is 1. The Hall–Kier alpha value is -1.06. The third-order valence-electron chi connectivity index (χ3n) is 3.78. The van der Waals surface area contributed by atoms with E-state index in [4.69, 9.17) is 10.5 Å². The lowest BCUT2D eigenvalue weighted by molar-refractivity contribution is 0.0909. The topological polar surface area (TPSA) is 38.5 Å². The molecule has 1 aliphatic heterocycles. The molecule has 1 heterocycles. The van der Waals surface area contributed by atoms with Gasteiger partial charge in [0.1, 0.15) is 0 Å². The molecule has 1 unspecified atom stereocenters. The van der Waals surface area contributed by atoms with E-state index in [9.17, 15) is 0 Å². The van der Waals surface area contributed by atoms with Gasteiger partial charge in [-0.3, -0.25) is 4.90 Å². The molecule has 1 aromatic rings. The van der Waals surface area contributed by atoms with Gasteiger partial charge in [-0.1, -0.05) is 25.1 Å². The highest BCUT2D eigenvalue weighted by Crippen LogP contribution is 2.18. The molecule has 0 aromatic heterocycles. The van der Waals surface area contributed by atoms with E-state index in [1.807, 2.05) is 12.1 Å². The number of benzene rings is 1. The zero-order valence-electron chi connectivity index (χ0n) is 12.0. The number of rotatable bonds is 7. The fourth-order valence-electron chi connectivity index (χ4n) is 2.70. The second-order valence-corrected chi connectivity index (χ2v) is 5.40. The number of para-hydroxylation sites is 1. The van der Waals surface area contributed by atoms with Gasteiger partial charge in [-0.05, 0) is 43.9 Å². The number of nitrogens with two attached hydrogens (primary N) is 1. The Morgan fingerprint density at radius 3 is 2.84 bits per heavy atom. The molecule has 0 amide bonds. The van der Waals surface area contributed by atoms with Crippen molar-refractivity contribution in [1.82, 2.24) is 4.90 Å². The fourth-order valence-corrected chi connectivity index (χ4v) is 2.70. The van der Waals surface area contributed by atoms with Crippen molar-refractivity contribution in [2.45, 2.75) is 45.3 Å². The van der Waals surface area contributed by atoms with E-state index in [0.29, 0.717) is 6.10 Å². The van der Waals surface area contributed by atoms with Crippen molar-refractivity contribution in [3.05, 3.63) is 29.8 Å². The van der Waals surface area contributed by atoms with Gasteiger partial charge in [0.25, 0.3) is 0 Å².